The van der Waals surface area contributed by atoms with Crippen LogP contribution in [0.2, 0.25) is 0 Å². The van der Waals surface area contributed by atoms with Crippen LogP contribution in [0.1, 0.15) is 5.01 Å². The summed E-state index contributed by atoms with van der Waals surface area (Å²) in [4.78, 5) is 4.28. The summed E-state index contributed by atoms with van der Waals surface area (Å²) in [6.07, 6.45) is 0. The summed E-state index contributed by atoms with van der Waals surface area (Å²) in [5, 5.41) is 9.76. The molecule has 0 N–H and O–H groups in total. The molecule has 0 fully saturated rings. The van der Waals surface area contributed by atoms with Crippen LogP contribution in [0.3, 0.4) is 0 Å². The maximum Gasteiger partial charge on any atom is 0.166 e. The molecule has 0 aromatic carbocycles. The largest absolute Gasteiger partial charge is 0.238 e. The Morgan fingerprint density at radius 2 is 2.15 bits per heavy atom. The predicted molar refractivity (Wildman–Crippen MR) is 55.6 cm³/mol. The Morgan fingerprint density at radius 3 is 2.77 bits per heavy atom. The van der Waals surface area contributed by atoms with Crippen LogP contribution in [-0.4, -0.2) is 15.2 Å². The number of aromatic nitrogens is 3. The van der Waals surface area contributed by atoms with Crippen LogP contribution in [0, 0.1) is 6.92 Å². The second kappa shape index (κ2) is 3.51. The van der Waals surface area contributed by atoms with Gasteiger partial charge in [0.25, 0.3) is 0 Å². The van der Waals surface area contributed by atoms with E-state index in [1.54, 1.807) is 11.3 Å². The summed E-state index contributed by atoms with van der Waals surface area (Å²) >= 11 is 4.86. The lowest BCUT2D eigenvalue weighted by Crippen LogP contribution is -1.82. The van der Waals surface area contributed by atoms with E-state index in [2.05, 4.69) is 31.1 Å². The van der Waals surface area contributed by atoms with Crippen molar-refractivity contribution in [3.63, 3.8) is 0 Å². The van der Waals surface area contributed by atoms with Crippen molar-refractivity contribution in [2.24, 2.45) is 0 Å². The second-order valence-electron chi connectivity index (χ2n) is 2.47. The summed E-state index contributed by atoms with van der Waals surface area (Å²) in [5.74, 6) is 0. The number of hydrogen-bond donors (Lipinski definition) is 0. The molecular formula is C8H6BrN3S. The highest BCUT2D eigenvalue weighted by Gasteiger charge is 2.04. The molecule has 0 bridgehead atoms. The lowest BCUT2D eigenvalue weighted by Gasteiger charge is -1.93. The van der Waals surface area contributed by atoms with Crippen molar-refractivity contribution in [1.29, 1.82) is 0 Å². The van der Waals surface area contributed by atoms with Gasteiger partial charge in [-0.25, -0.2) is 4.98 Å². The molecule has 0 aliphatic heterocycles. The van der Waals surface area contributed by atoms with Crippen molar-refractivity contribution in [3.05, 3.63) is 27.8 Å². The van der Waals surface area contributed by atoms with Gasteiger partial charge in [-0.3, -0.25) is 0 Å². The molecule has 13 heavy (non-hydrogen) atoms. The molecule has 0 aliphatic carbocycles. The van der Waals surface area contributed by atoms with Gasteiger partial charge < -0.3 is 0 Å². The summed E-state index contributed by atoms with van der Waals surface area (Å²) in [6, 6.07) is 5.74. The molecule has 0 aliphatic rings. The summed E-state index contributed by atoms with van der Waals surface area (Å²) < 4.78 is 0.817. The Bertz CT molecular complexity index is 427. The Hall–Kier alpha value is -0.810. The molecule has 2 aromatic heterocycles. The van der Waals surface area contributed by atoms with E-state index < -0.39 is 0 Å². The van der Waals surface area contributed by atoms with Crippen molar-refractivity contribution in [1.82, 2.24) is 15.2 Å². The Labute approximate surface area is 88.0 Å². The molecule has 2 heterocycles. The maximum atomic E-state index is 4.28. The number of pyridine rings is 1. The van der Waals surface area contributed by atoms with Crippen molar-refractivity contribution < 1.29 is 0 Å². The smallest absolute Gasteiger partial charge is 0.166 e. The first-order valence-corrected chi connectivity index (χ1v) is 5.30. The minimum absolute atomic E-state index is 0.817. The van der Waals surface area contributed by atoms with E-state index in [0.717, 1.165) is 20.3 Å². The van der Waals surface area contributed by atoms with Crippen molar-refractivity contribution >= 4 is 27.3 Å². The third-order valence-corrected chi connectivity index (χ3v) is 2.76. The lowest BCUT2D eigenvalue weighted by molar-refractivity contribution is 1.05. The zero-order valence-corrected chi connectivity index (χ0v) is 9.26. The summed E-state index contributed by atoms with van der Waals surface area (Å²) in [5.41, 5.74) is 0.861. The third kappa shape index (κ3) is 1.92. The van der Waals surface area contributed by atoms with Crippen molar-refractivity contribution in [2.45, 2.75) is 6.92 Å². The van der Waals surface area contributed by atoms with E-state index >= 15 is 0 Å². The van der Waals surface area contributed by atoms with E-state index in [-0.39, 0.29) is 0 Å². The second-order valence-corrected chi connectivity index (χ2v) is 4.47. The van der Waals surface area contributed by atoms with Gasteiger partial charge in [-0.05, 0) is 35.0 Å². The SMILES string of the molecule is Cc1nnc(-c2cccc(Br)n2)s1. The molecule has 5 heteroatoms. The summed E-state index contributed by atoms with van der Waals surface area (Å²) in [6.45, 7) is 1.93. The first-order valence-electron chi connectivity index (χ1n) is 3.69. The molecule has 0 saturated heterocycles. The van der Waals surface area contributed by atoms with Crippen molar-refractivity contribution in [2.75, 3.05) is 0 Å². The third-order valence-electron chi connectivity index (χ3n) is 1.46. The van der Waals surface area contributed by atoms with Crippen LogP contribution in [0.5, 0.6) is 0 Å². The van der Waals surface area contributed by atoms with E-state index in [1.807, 2.05) is 25.1 Å². The number of halogens is 1. The zero-order chi connectivity index (χ0) is 9.26. The van der Waals surface area contributed by atoms with Gasteiger partial charge in [-0.2, -0.15) is 0 Å². The first-order chi connectivity index (χ1) is 6.25. The topological polar surface area (TPSA) is 38.7 Å². The molecule has 0 spiro atoms. The van der Waals surface area contributed by atoms with Gasteiger partial charge in [0.1, 0.15) is 15.3 Å². The average Bonchev–Trinajstić information content (AvgIpc) is 2.52. The Morgan fingerprint density at radius 1 is 1.31 bits per heavy atom. The van der Waals surface area contributed by atoms with Crippen molar-refractivity contribution in [3.8, 4) is 10.7 Å². The average molecular weight is 256 g/mol. The van der Waals surface area contributed by atoms with Crippen LogP contribution in [0.25, 0.3) is 10.7 Å². The van der Waals surface area contributed by atoms with E-state index in [4.69, 9.17) is 0 Å². The molecule has 0 atom stereocenters. The molecule has 0 unspecified atom stereocenters. The number of aryl methyl sites for hydroxylation is 1. The molecule has 0 amide bonds. The van der Waals surface area contributed by atoms with Gasteiger partial charge in [0.15, 0.2) is 5.01 Å². The van der Waals surface area contributed by atoms with Gasteiger partial charge in [-0.1, -0.05) is 17.4 Å². The zero-order valence-electron chi connectivity index (χ0n) is 6.86. The maximum absolute atomic E-state index is 4.28. The Balaban J connectivity index is 2.46. The molecule has 2 aromatic rings. The van der Waals surface area contributed by atoms with Crippen LogP contribution in [-0.2, 0) is 0 Å². The highest BCUT2D eigenvalue weighted by molar-refractivity contribution is 9.10. The fourth-order valence-corrected chi connectivity index (χ4v) is 1.93. The van der Waals surface area contributed by atoms with Gasteiger partial charge in [0, 0.05) is 0 Å². The lowest BCUT2D eigenvalue weighted by atomic mass is 10.4. The van der Waals surface area contributed by atoms with E-state index in [0.29, 0.717) is 0 Å². The van der Waals surface area contributed by atoms with Crippen LogP contribution < -0.4 is 0 Å². The number of hydrogen-bond acceptors (Lipinski definition) is 4. The standard InChI is InChI=1S/C8H6BrN3S/c1-5-11-12-8(13-5)6-3-2-4-7(9)10-6/h2-4H,1H3. The molecule has 0 saturated carbocycles. The van der Waals surface area contributed by atoms with Crippen LogP contribution in [0.4, 0.5) is 0 Å². The van der Waals surface area contributed by atoms with Gasteiger partial charge in [0.2, 0.25) is 0 Å². The van der Waals surface area contributed by atoms with E-state index in [9.17, 15) is 0 Å². The predicted octanol–water partition coefficient (Wildman–Crippen LogP) is 2.67. The fraction of sp³-hybridized carbons (Fsp3) is 0.125. The first kappa shape index (κ1) is 8.77. The highest BCUT2D eigenvalue weighted by atomic mass is 79.9. The number of nitrogens with zero attached hydrogens (tertiary/aromatic N) is 3. The van der Waals surface area contributed by atoms with Gasteiger partial charge in [-0.15, -0.1) is 10.2 Å². The Kier molecular flexibility index (Phi) is 2.37. The highest BCUT2D eigenvalue weighted by Crippen LogP contribution is 2.22. The fourth-order valence-electron chi connectivity index (χ4n) is 0.927. The normalized spacial score (nSPS) is 10.3. The molecule has 3 nitrogen and oxygen atoms in total. The monoisotopic (exact) mass is 255 g/mol. The quantitative estimate of drug-likeness (QED) is 0.736. The molecule has 0 radical (unpaired) electrons. The molecular weight excluding hydrogens is 250 g/mol. The summed E-state index contributed by atoms with van der Waals surface area (Å²) in [7, 11) is 0. The van der Waals surface area contributed by atoms with Gasteiger partial charge in [0.05, 0.1) is 0 Å². The van der Waals surface area contributed by atoms with Crippen LogP contribution >= 0.6 is 27.3 Å². The molecule has 2 rings (SSSR count). The van der Waals surface area contributed by atoms with E-state index in [1.165, 1.54) is 0 Å². The minimum Gasteiger partial charge on any atom is -0.238 e. The minimum atomic E-state index is 0.817. The number of rotatable bonds is 1. The van der Waals surface area contributed by atoms with Crippen LogP contribution in [0.15, 0.2) is 22.8 Å². The van der Waals surface area contributed by atoms with Gasteiger partial charge >= 0.3 is 0 Å². The molecule has 66 valence electrons.